The average molecular weight is 230 g/mol. The predicted octanol–water partition coefficient (Wildman–Crippen LogP) is 1.20. The first-order valence-corrected chi connectivity index (χ1v) is 5.26. The molecule has 0 saturated carbocycles. The number of aromatic nitrogens is 2. The van der Waals surface area contributed by atoms with Crippen molar-refractivity contribution >= 4 is 17.4 Å². The molecule has 3 N–H and O–H groups in total. The fraction of sp³-hybridized carbons (Fsp3) is 0.167. The van der Waals surface area contributed by atoms with Gasteiger partial charge in [-0.3, -0.25) is 9.69 Å². The summed E-state index contributed by atoms with van der Waals surface area (Å²) in [7, 11) is 1.70. The molecule has 0 aromatic carbocycles. The topological polar surface area (TPSA) is 75.0 Å². The Bertz CT molecular complexity index is 490. The normalized spacial score (nSPS) is 10.2. The van der Waals surface area contributed by atoms with Gasteiger partial charge in [-0.2, -0.15) is 0 Å². The van der Waals surface area contributed by atoms with E-state index in [2.05, 4.69) is 9.97 Å². The smallest absolute Gasteiger partial charge is 0.232 e. The minimum Gasteiger partial charge on any atom is -0.397 e. The largest absolute Gasteiger partial charge is 0.397 e. The second-order valence-corrected chi connectivity index (χ2v) is 3.80. The molecule has 0 spiro atoms. The second kappa shape index (κ2) is 4.69. The SMILES string of the molecule is CN(C(=O)Cc1cc[nH]c1)c1ccc(N)cn1. The first kappa shape index (κ1) is 11.2. The van der Waals surface area contributed by atoms with E-state index in [0.29, 0.717) is 17.9 Å². The molecule has 2 heterocycles. The van der Waals surface area contributed by atoms with E-state index in [-0.39, 0.29) is 5.91 Å². The van der Waals surface area contributed by atoms with Crippen LogP contribution in [0.15, 0.2) is 36.8 Å². The summed E-state index contributed by atoms with van der Waals surface area (Å²) < 4.78 is 0. The number of carbonyl (C=O) groups excluding carboxylic acids is 1. The third-order valence-corrected chi connectivity index (χ3v) is 2.51. The number of nitrogen functional groups attached to an aromatic ring is 1. The highest BCUT2D eigenvalue weighted by atomic mass is 16.2. The van der Waals surface area contributed by atoms with E-state index >= 15 is 0 Å². The number of anilines is 2. The van der Waals surface area contributed by atoms with Crippen LogP contribution in [-0.2, 0) is 11.2 Å². The van der Waals surface area contributed by atoms with Gasteiger partial charge in [0.1, 0.15) is 5.82 Å². The molecule has 1 amide bonds. The maximum Gasteiger partial charge on any atom is 0.232 e. The number of aromatic amines is 1. The molecule has 5 nitrogen and oxygen atoms in total. The van der Waals surface area contributed by atoms with E-state index in [1.54, 1.807) is 25.4 Å². The summed E-state index contributed by atoms with van der Waals surface area (Å²) in [5.41, 5.74) is 7.08. The van der Waals surface area contributed by atoms with Crippen molar-refractivity contribution in [3.05, 3.63) is 42.4 Å². The molecular weight excluding hydrogens is 216 g/mol. The Morgan fingerprint density at radius 3 is 2.88 bits per heavy atom. The van der Waals surface area contributed by atoms with Crippen LogP contribution in [-0.4, -0.2) is 22.9 Å². The van der Waals surface area contributed by atoms with Crippen LogP contribution in [0.5, 0.6) is 0 Å². The second-order valence-electron chi connectivity index (χ2n) is 3.80. The number of nitrogens with one attached hydrogen (secondary N) is 1. The number of nitrogens with zero attached hydrogens (tertiary/aromatic N) is 2. The fourth-order valence-corrected chi connectivity index (χ4v) is 1.49. The molecule has 0 aliphatic heterocycles. The van der Waals surface area contributed by atoms with E-state index in [0.717, 1.165) is 5.56 Å². The molecule has 0 aliphatic rings. The van der Waals surface area contributed by atoms with Gasteiger partial charge in [0, 0.05) is 19.4 Å². The zero-order chi connectivity index (χ0) is 12.3. The molecular formula is C12H14N4O. The number of hydrogen-bond donors (Lipinski definition) is 2. The minimum absolute atomic E-state index is 0.0122. The van der Waals surface area contributed by atoms with E-state index in [1.165, 1.54) is 11.1 Å². The summed E-state index contributed by atoms with van der Waals surface area (Å²) in [6.07, 6.45) is 5.49. The molecule has 0 atom stereocenters. The highest BCUT2D eigenvalue weighted by Gasteiger charge is 2.12. The number of nitrogens with two attached hydrogens (primary N) is 1. The summed E-state index contributed by atoms with van der Waals surface area (Å²) in [5, 5.41) is 0. The Morgan fingerprint density at radius 1 is 1.47 bits per heavy atom. The molecule has 0 unspecified atom stereocenters. The summed E-state index contributed by atoms with van der Waals surface area (Å²) >= 11 is 0. The number of amides is 1. The van der Waals surface area contributed by atoms with Crippen molar-refractivity contribution in [2.75, 3.05) is 17.7 Å². The number of H-pyrrole nitrogens is 1. The third-order valence-electron chi connectivity index (χ3n) is 2.51. The molecule has 88 valence electrons. The third kappa shape index (κ3) is 2.63. The van der Waals surface area contributed by atoms with E-state index in [4.69, 9.17) is 5.73 Å². The van der Waals surface area contributed by atoms with Gasteiger partial charge in [0.25, 0.3) is 0 Å². The van der Waals surface area contributed by atoms with Gasteiger partial charge >= 0.3 is 0 Å². The number of pyridine rings is 1. The predicted molar refractivity (Wildman–Crippen MR) is 66.6 cm³/mol. The Hall–Kier alpha value is -2.30. The summed E-state index contributed by atoms with van der Waals surface area (Å²) in [6, 6.07) is 5.33. The van der Waals surface area contributed by atoms with Crippen LogP contribution in [0.2, 0.25) is 0 Å². The summed E-state index contributed by atoms with van der Waals surface area (Å²) in [5.74, 6) is 0.585. The van der Waals surface area contributed by atoms with E-state index in [1.807, 2.05) is 12.3 Å². The molecule has 2 aromatic heterocycles. The zero-order valence-electron chi connectivity index (χ0n) is 9.55. The molecule has 0 saturated heterocycles. The Balaban J connectivity index is 2.07. The molecule has 0 aliphatic carbocycles. The van der Waals surface area contributed by atoms with Crippen molar-refractivity contribution in [1.82, 2.24) is 9.97 Å². The maximum absolute atomic E-state index is 11.9. The lowest BCUT2D eigenvalue weighted by Gasteiger charge is -2.15. The van der Waals surface area contributed by atoms with Crippen LogP contribution in [0.4, 0.5) is 11.5 Å². The number of rotatable bonds is 3. The van der Waals surface area contributed by atoms with Crippen LogP contribution < -0.4 is 10.6 Å². The van der Waals surface area contributed by atoms with Gasteiger partial charge in [0.2, 0.25) is 5.91 Å². The van der Waals surface area contributed by atoms with Crippen molar-refractivity contribution in [3.8, 4) is 0 Å². The maximum atomic E-state index is 11.9. The molecule has 2 aromatic rings. The van der Waals surface area contributed by atoms with Crippen molar-refractivity contribution in [2.45, 2.75) is 6.42 Å². The van der Waals surface area contributed by atoms with E-state index in [9.17, 15) is 4.79 Å². The molecule has 0 radical (unpaired) electrons. The molecule has 0 fully saturated rings. The van der Waals surface area contributed by atoms with Gasteiger partial charge in [-0.05, 0) is 23.8 Å². The van der Waals surface area contributed by atoms with Crippen LogP contribution in [0.1, 0.15) is 5.56 Å². The van der Waals surface area contributed by atoms with Crippen molar-refractivity contribution in [3.63, 3.8) is 0 Å². The average Bonchev–Trinajstić information content (AvgIpc) is 2.82. The van der Waals surface area contributed by atoms with Crippen LogP contribution in [0.25, 0.3) is 0 Å². The van der Waals surface area contributed by atoms with Gasteiger partial charge in [0.15, 0.2) is 0 Å². The first-order chi connectivity index (χ1) is 8.16. The minimum atomic E-state index is -0.0122. The standard InChI is InChI=1S/C12H14N4O/c1-16(11-3-2-10(13)8-15-11)12(17)6-9-4-5-14-7-9/h2-5,7-8,14H,6,13H2,1H3. The molecule has 5 heteroatoms. The monoisotopic (exact) mass is 230 g/mol. The van der Waals surface area contributed by atoms with Crippen molar-refractivity contribution in [2.24, 2.45) is 0 Å². The molecule has 17 heavy (non-hydrogen) atoms. The Labute approximate surface area is 99.3 Å². The summed E-state index contributed by atoms with van der Waals surface area (Å²) in [6.45, 7) is 0. The van der Waals surface area contributed by atoms with Gasteiger partial charge in [-0.15, -0.1) is 0 Å². The number of hydrogen-bond acceptors (Lipinski definition) is 3. The van der Waals surface area contributed by atoms with Gasteiger partial charge in [-0.25, -0.2) is 4.98 Å². The zero-order valence-corrected chi connectivity index (χ0v) is 9.55. The fourth-order valence-electron chi connectivity index (χ4n) is 1.49. The number of carbonyl (C=O) groups is 1. The lowest BCUT2D eigenvalue weighted by molar-refractivity contribution is -0.117. The highest BCUT2D eigenvalue weighted by Crippen LogP contribution is 2.12. The lowest BCUT2D eigenvalue weighted by Crippen LogP contribution is -2.28. The van der Waals surface area contributed by atoms with Crippen molar-refractivity contribution in [1.29, 1.82) is 0 Å². The van der Waals surface area contributed by atoms with Crippen LogP contribution in [0.3, 0.4) is 0 Å². The van der Waals surface area contributed by atoms with Crippen molar-refractivity contribution < 1.29 is 4.79 Å². The van der Waals surface area contributed by atoms with Gasteiger partial charge < -0.3 is 10.7 Å². The first-order valence-electron chi connectivity index (χ1n) is 5.26. The van der Waals surface area contributed by atoms with Gasteiger partial charge in [-0.1, -0.05) is 0 Å². The van der Waals surface area contributed by atoms with Crippen LogP contribution >= 0.6 is 0 Å². The molecule has 0 bridgehead atoms. The quantitative estimate of drug-likeness (QED) is 0.831. The van der Waals surface area contributed by atoms with E-state index < -0.39 is 0 Å². The van der Waals surface area contributed by atoms with Crippen LogP contribution in [0, 0.1) is 0 Å². The lowest BCUT2D eigenvalue weighted by atomic mass is 10.2. The Kier molecular flexibility index (Phi) is 3.09. The molecule has 2 rings (SSSR count). The number of likely N-dealkylation sites (N-methyl/N-ethyl adjacent to an activating group) is 1. The highest BCUT2D eigenvalue weighted by molar-refractivity contribution is 5.93. The van der Waals surface area contributed by atoms with Gasteiger partial charge in [0.05, 0.1) is 18.3 Å². The Morgan fingerprint density at radius 2 is 2.29 bits per heavy atom. The summed E-state index contributed by atoms with van der Waals surface area (Å²) in [4.78, 5) is 20.5.